The van der Waals surface area contributed by atoms with E-state index in [9.17, 15) is 18.0 Å². The van der Waals surface area contributed by atoms with Crippen molar-refractivity contribution in [1.82, 2.24) is 20.2 Å². The summed E-state index contributed by atoms with van der Waals surface area (Å²) in [6.07, 6.45) is 1.50. The summed E-state index contributed by atoms with van der Waals surface area (Å²) in [5, 5.41) is 7.57. The molecule has 3 N–H and O–H groups in total. The second kappa shape index (κ2) is 9.32. The van der Waals surface area contributed by atoms with Gasteiger partial charge in [-0.1, -0.05) is 18.2 Å². The molecule has 180 valence electrons. The third-order valence-electron chi connectivity index (χ3n) is 5.89. The molecule has 1 fully saturated rings. The molecule has 0 radical (unpaired) electrons. The third kappa shape index (κ3) is 5.24. The number of benzene rings is 2. The van der Waals surface area contributed by atoms with Gasteiger partial charge in [-0.3, -0.25) is 0 Å². The molecule has 2 aromatic carbocycles. The number of rotatable bonds is 5. The fraction of sp³-hybridized carbons (Fsp3) is 0.240. The number of urea groups is 1. The van der Waals surface area contributed by atoms with E-state index in [-0.39, 0.29) is 0 Å². The number of piperazine rings is 1. The Labute approximate surface area is 200 Å². The van der Waals surface area contributed by atoms with Gasteiger partial charge in [-0.05, 0) is 47.5 Å². The summed E-state index contributed by atoms with van der Waals surface area (Å²) in [5.74, 6) is 1.49. The molecule has 3 heterocycles. The summed E-state index contributed by atoms with van der Waals surface area (Å²) in [5.41, 5.74) is 4.49. The first kappa shape index (κ1) is 22.8. The van der Waals surface area contributed by atoms with Crippen LogP contribution in [-0.4, -0.2) is 61.5 Å². The van der Waals surface area contributed by atoms with Gasteiger partial charge in [0, 0.05) is 43.6 Å². The first-order chi connectivity index (χ1) is 16.9. The van der Waals surface area contributed by atoms with Crippen molar-refractivity contribution >= 4 is 34.7 Å². The summed E-state index contributed by atoms with van der Waals surface area (Å²) in [7, 11) is 0. The standard InChI is InChI=1S/C25H23F3N6O/c26-25(27,28)16-30-24(35)31-20-3-1-2-19(14-20)23-32-22-15-18(8-11-34(22)23)17-4-6-21(7-5-17)33-12-9-29-10-13-33/h1-8,11,14-15,29H,9-10,12-13,16H2,(H-,30,31,35)/p+1. The molecule has 0 atom stereocenters. The Morgan fingerprint density at radius 1 is 1.06 bits per heavy atom. The van der Waals surface area contributed by atoms with E-state index in [4.69, 9.17) is 0 Å². The molecule has 2 aromatic rings. The van der Waals surface area contributed by atoms with Gasteiger partial charge in [0.25, 0.3) is 0 Å². The highest BCUT2D eigenvalue weighted by molar-refractivity contribution is 6.23. The lowest BCUT2D eigenvalue weighted by atomic mass is 10.0. The highest BCUT2D eigenvalue weighted by Gasteiger charge is 2.35. The van der Waals surface area contributed by atoms with Gasteiger partial charge in [-0.2, -0.15) is 18.1 Å². The minimum absolute atomic E-state index is 0.375. The number of amides is 2. The fourth-order valence-corrected chi connectivity index (χ4v) is 4.13. The van der Waals surface area contributed by atoms with Crippen molar-refractivity contribution in [1.29, 1.82) is 0 Å². The van der Waals surface area contributed by atoms with E-state index in [1.807, 2.05) is 29.3 Å². The van der Waals surface area contributed by atoms with Crippen LogP contribution in [0.3, 0.4) is 0 Å². The molecule has 0 bridgehead atoms. The molecule has 0 aliphatic carbocycles. The Kier molecular flexibility index (Phi) is 6.07. The molecule has 5 rings (SSSR count). The lowest BCUT2D eigenvalue weighted by Crippen LogP contribution is -2.45. The highest BCUT2D eigenvalue weighted by Crippen LogP contribution is 2.26. The van der Waals surface area contributed by atoms with Crippen LogP contribution in [0.1, 0.15) is 11.1 Å². The van der Waals surface area contributed by atoms with Crippen molar-refractivity contribution in [2.75, 3.05) is 42.9 Å². The molecule has 3 aliphatic heterocycles. The average Bonchev–Trinajstić information content (AvgIpc) is 2.84. The van der Waals surface area contributed by atoms with Gasteiger partial charge < -0.3 is 20.9 Å². The van der Waals surface area contributed by atoms with E-state index < -0.39 is 18.8 Å². The Balaban J connectivity index is 1.28. The summed E-state index contributed by atoms with van der Waals surface area (Å²) in [6, 6.07) is 14.4. The van der Waals surface area contributed by atoms with Crippen molar-refractivity contribution < 1.29 is 18.0 Å². The number of hydrogen-bond donors (Lipinski definition) is 3. The summed E-state index contributed by atoms with van der Waals surface area (Å²) < 4.78 is 41.5. The van der Waals surface area contributed by atoms with Crippen LogP contribution >= 0.6 is 0 Å². The quantitative estimate of drug-likeness (QED) is 0.575. The number of carbonyl (C=O) groups excluding carboxylic acids is 1. The number of nitrogens with zero attached hydrogens (tertiary/aromatic N) is 3. The maximum Gasteiger partial charge on any atom is 0.405 e. The fourth-order valence-electron chi connectivity index (χ4n) is 4.13. The Bertz CT molecular complexity index is 1250. The predicted molar refractivity (Wildman–Crippen MR) is 131 cm³/mol. The molecule has 0 unspecified atom stereocenters. The number of halogens is 3. The number of anilines is 2. The van der Waals surface area contributed by atoms with Crippen LogP contribution < -0.4 is 25.5 Å². The van der Waals surface area contributed by atoms with E-state index in [1.165, 1.54) is 5.69 Å². The monoisotopic (exact) mass is 481 g/mol. The molecule has 35 heavy (non-hydrogen) atoms. The molecule has 3 aliphatic rings. The van der Waals surface area contributed by atoms with Gasteiger partial charge in [0.15, 0.2) is 0 Å². The van der Waals surface area contributed by atoms with E-state index in [0.29, 0.717) is 11.5 Å². The van der Waals surface area contributed by atoms with Crippen LogP contribution in [-0.2, 0) is 0 Å². The van der Waals surface area contributed by atoms with Crippen molar-refractivity contribution in [2.45, 2.75) is 6.18 Å². The van der Waals surface area contributed by atoms with Gasteiger partial charge in [-0.15, -0.1) is 0 Å². The molecule has 10 heteroatoms. The zero-order chi connectivity index (χ0) is 24.4. The number of hydrogen-bond acceptors (Lipinski definition) is 4. The van der Waals surface area contributed by atoms with E-state index in [1.54, 1.807) is 23.5 Å². The zero-order valence-electron chi connectivity index (χ0n) is 18.8. The smallest absolute Gasteiger partial charge is 0.369 e. The highest BCUT2D eigenvalue weighted by atomic mass is 19.4. The van der Waals surface area contributed by atoms with Crippen LogP contribution in [0.5, 0.6) is 0 Å². The molecular formula is C25H24F3N6O+. The average molecular weight is 482 g/mol. The number of carbonyl (C=O) groups is 1. The SMILES string of the molecule is O=C(NCC(F)(F)F)Nc1cccc(C2=[N+]=C3C=C(c4ccc(N5CCNCC5)cc4)C=CN32)c1. The molecule has 1 saturated heterocycles. The summed E-state index contributed by atoms with van der Waals surface area (Å²) in [6.45, 7) is 2.60. The van der Waals surface area contributed by atoms with Gasteiger partial charge >= 0.3 is 23.9 Å². The number of allylic oxidation sites excluding steroid dienone is 2. The van der Waals surface area contributed by atoms with Crippen LogP contribution in [0.2, 0.25) is 0 Å². The van der Waals surface area contributed by atoms with Crippen molar-refractivity contribution in [3.8, 4) is 0 Å². The van der Waals surface area contributed by atoms with Gasteiger partial charge in [-0.25, -0.2) is 9.46 Å². The maximum absolute atomic E-state index is 12.3. The number of fused-ring (bicyclic) bond motifs is 1. The molecule has 0 aromatic heterocycles. The lowest BCUT2D eigenvalue weighted by Gasteiger charge is -2.29. The third-order valence-corrected chi connectivity index (χ3v) is 5.89. The summed E-state index contributed by atoms with van der Waals surface area (Å²) in [4.78, 5) is 16.0. The first-order valence-electron chi connectivity index (χ1n) is 11.3. The van der Waals surface area contributed by atoms with Crippen LogP contribution in [0.25, 0.3) is 5.57 Å². The van der Waals surface area contributed by atoms with Crippen LogP contribution in [0.15, 0.2) is 66.9 Å². The lowest BCUT2D eigenvalue weighted by molar-refractivity contribution is -0.122. The van der Waals surface area contributed by atoms with Gasteiger partial charge in [0.1, 0.15) is 6.54 Å². The summed E-state index contributed by atoms with van der Waals surface area (Å²) >= 11 is 0. The molecular weight excluding hydrogens is 457 g/mol. The number of alkyl halides is 3. The second-order valence-electron chi connectivity index (χ2n) is 8.37. The largest absolute Gasteiger partial charge is 0.405 e. The van der Waals surface area contributed by atoms with Crippen LogP contribution in [0.4, 0.5) is 29.3 Å². The molecule has 0 spiro atoms. The van der Waals surface area contributed by atoms with E-state index in [2.05, 4.69) is 44.5 Å². The molecule has 2 amide bonds. The topological polar surface area (TPSA) is 73.7 Å². The van der Waals surface area contributed by atoms with Crippen molar-refractivity contribution in [3.05, 3.63) is 78.0 Å². The minimum atomic E-state index is -4.47. The minimum Gasteiger partial charge on any atom is -0.369 e. The maximum atomic E-state index is 12.3. The van der Waals surface area contributed by atoms with Crippen molar-refractivity contribution in [2.24, 2.45) is 0 Å². The van der Waals surface area contributed by atoms with E-state index in [0.717, 1.165) is 48.7 Å². The Morgan fingerprint density at radius 2 is 1.83 bits per heavy atom. The zero-order valence-corrected chi connectivity index (χ0v) is 18.8. The Hall–Kier alpha value is -4.01. The normalized spacial score (nSPS) is 17.1. The van der Waals surface area contributed by atoms with Gasteiger partial charge in [0.05, 0.1) is 11.8 Å². The number of amidine groups is 2. The second-order valence-corrected chi connectivity index (χ2v) is 8.37. The Morgan fingerprint density at radius 3 is 2.54 bits per heavy atom. The number of nitrogens with one attached hydrogen (secondary N) is 3. The predicted octanol–water partition coefficient (Wildman–Crippen LogP) is 2.92. The first-order valence-corrected chi connectivity index (χ1v) is 11.3. The van der Waals surface area contributed by atoms with Gasteiger partial charge in [0.2, 0.25) is 0 Å². The van der Waals surface area contributed by atoms with Crippen LogP contribution in [0, 0.1) is 0 Å². The molecule has 0 saturated carbocycles. The van der Waals surface area contributed by atoms with E-state index >= 15 is 0 Å². The molecule has 7 nitrogen and oxygen atoms in total. The van der Waals surface area contributed by atoms with Crippen molar-refractivity contribution in [3.63, 3.8) is 0 Å².